The molecule has 0 aromatic carbocycles. The Hall–Kier alpha value is -1.00. The van der Waals surface area contributed by atoms with Gasteiger partial charge in [0.05, 0.1) is 12.6 Å². The van der Waals surface area contributed by atoms with Gasteiger partial charge >= 0.3 is 0 Å². The minimum absolute atomic E-state index is 0.0232. The van der Waals surface area contributed by atoms with Crippen molar-refractivity contribution in [2.75, 3.05) is 13.7 Å². The summed E-state index contributed by atoms with van der Waals surface area (Å²) in [7, 11) is 1.74. The van der Waals surface area contributed by atoms with Crippen molar-refractivity contribution in [1.82, 2.24) is 10.3 Å². The molecule has 1 heterocycles. The molecule has 2 N–H and O–H groups in total. The predicted octanol–water partition coefficient (Wildman–Crippen LogP) is 0.782. The highest BCUT2D eigenvalue weighted by Crippen LogP contribution is 2.15. The summed E-state index contributed by atoms with van der Waals surface area (Å²) in [6, 6.07) is 1.18. The highest BCUT2D eigenvalue weighted by molar-refractivity contribution is 5.25. The number of hydrogen-bond donors (Lipinski definition) is 2. The third kappa shape index (κ3) is 2.23. The molecule has 1 aromatic heterocycles. The van der Waals surface area contributed by atoms with Crippen LogP contribution in [0.3, 0.4) is 0 Å². The molecule has 4 heteroatoms. The van der Waals surface area contributed by atoms with Crippen LogP contribution >= 0.6 is 0 Å². The highest BCUT2D eigenvalue weighted by atomic mass is 19.1. The van der Waals surface area contributed by atoms with Gasteiger partial charge in [0.2, 0.25) is 5.95 Å². The van der Waals surface area contributed by atoms with E-state index in [1.54, 1.807) is 14.0 Å². The van der Waals surface area contributed by atoms with Gasteiger partial charge in [-0.05, 0) is 31.2 Å². The lowest BCUT2D eigenvalue weighted by Gasteiger charge is -2.15. The quantitative estimate of drug-likeness (QED) is 0.682. The van der Waals surface area contributed by atoms with Crippen molar-refractivity contribution in [2.45, 2.75) is 13.0 Å². The molecule has 0 aliphatic carbocycles. The van der Waals surface area contributed by atoms with Gasteiger partial charge in [-0.25, -0.2) is 4.98 Å². The van der Waals surface area contributed by atoms with Crippen LogP contribution in [0.2, 0.25) is 0 Å². The van der Waals surface area contributed by atoms with E-state index >= 15 is 0 Å². The molecule has 0 unspecified atom stereocenters. The van der Waals surface area contributed by atoms with Crippen molar-refractivity contribution in [1.29, 1.82) is 0 Å². The van der Waals surface area contributed by atoms with E-state index in [0.29, 0.717) is 0 Å². The number of halogens is 1. The Balaban J connectivity index is 2.99. The number of aliphatic hydroxyl groups is 1. The van der Waals surface area contributed by atoms with Crippen molar-refractivity contribution in [3.8, 4) is 0 Å². The molecule has 0 amide bonds. The molecule has 13 heavy (non-hydrogen) atoms. The van der Waals surface area contributed by atoms with Gasteiger partial charge < -0.3 is 10.4 Å². The summed E-state index contributed by atoms with van der Waals surface area (Å²) in [4.78, 5) is 3.54. The number of nitrogens with one attached hydrogen (secondary N) is 1. The van der Waals surface area contributed by atoms with Gasteiger partial charge in [0.15, 0.2) is 0 Å². The number of pyridine rings is 1. The Kier molecular flexibility index (Phi) is 3.33. The molecule has 0 saturated carbocycles. The molecule has 0 spiro atoms. The van der Waals surface area contributed by atoms with Crippen LogP contribution in [0, 0.1) is 12.9 Å². The first-order valence-electron chi connectivity index (χ1n) is 4.09. The Morgan fingerprint density at radius 1 is 1.69 bits per heavy atom. The van der Waals surface area contributed by atoms with Gasteiger partial charge in [-0.2, -0.15) is 4.39 Å². The fourth-order valence-corrected chi connectivity index (χ4v) is 1.24. The van der Waals surface area contributed by atoms with E-state index in [1.807, 2.05) is 0 Å². The van der Waals surface area contributed by atoms with E-state index < -0.39 is 5.95 Å². The number of hydrogen-bond acceptors (Lipinski definition) is 3. The molecule has 0 aliphatic rings. The maximum absolute atomic E-state index is 12.6. The molecule has 0 radical (unpaired) electrons. The van der Waals surface area contributed by atoms with Crippen LogP contribution in [-0.4, -0.2) is 23.7 Å². The number of likely N-dealkylation sites (N-methyl/N-ethyl adjacent to an activating group) is 1. The largest absolute Gasteiger partial charge is 0.394 e. The number of aromatic nitrogens is 1. The van der Waals surface area contributed by atoms with Crippen LogP contribution in [0.4, 0.5) is 4.39 Å². The van der Waals surface area contributed by atoms with Gasteiger partial charge in [0.1, 0.15) is 0 Å². The van der Waals surface area contributed by atoms with Crippen LogP contribution in [0.25, 0.3) is 0 Å². The van der Waals surface area contributed by atoms with Crippen molar-refractivity contribution in [2.24, 2.45) is 0 Å². The normalized spacial score (nSPS) is 12.9. The van der Waals surface area contributed by atoms with Crippen LogP contribution in [-0.2, 0) is 0 Å². The van der Waals surface area contributed by atoms with Crippen LogP contribution < -0.4 is 5.32 Å². The summed E-state index contributed by atoms with van der Waals surface area (Å²) in [6.45, 7) is 1.77. The first-order valence-corrected chi connectivity index (χ1v) is 4.09. The summed E-state index contributed by atoms with van der Waals surface area (Å²) in [5, 5.41) is 11.9. The van der Waals surface area contributed by atoms with E-state index in [-0.39, 0.29) is 12.6 Å². The zero-order valence-corrected chi connectivity index (χ0v) is 7.71. The zero-order valence-electron chi connectivity index (χ0n) is 7.71. The minimum Gasteiger partial charge on any atom is -0.394 e. The first-order chi connectivity index (χ1) is 6.19. The molecule has 0 bridgehead atoms. The molecule has 72 valence electrons. The Labute approximate surface area is 76.6 Å². The third-order valence-electron chi connectivity index (χ3n) is 2.02. The maximum atomic E-state index is 12.6. The second-order valence-electron chi connectivity index (χ2n) is 2.89. The molecule has 0 fully saturated rings. The summed E-state index contributed by atoms with van der Waals surface area (Å²) in [5.74, 6) is -0.492. The van der Waals surface area contributed by atoms with E-state index in [1.165, 1.54) is 12.3 Å². The fourth-order valence-electron chi connectivity index (χ4n) is 1.24. The lowest BCUT2D eigenvalue weighted by molar-refractivity contribution is 0.250. The topological polar surface area (TPSA) is 45.1 Å². The third-order valence-corrected chi connectivity index (χ3v) is 2.02. The van der Waals surface area contributed by atoms with Gasteiger partial charge in [0.25, 0.3) is 0 Å². The lowest BCUT2D eigenvalue weighted by Crippen LogP contribution is -2.21. The van der Waals surface area contributed by atoms with E-state index in [9.17, 15) is 4.39 Å². The summed E-state index contributed by atoms with van der Waals surface area (Å²) in [5.41, 5.74) is 1.62. The average molecular weight is 184 g/mol. The van der Waals surface area contributed by atoms with Crippen LogP contribution in [0.5, 0.6) is 0 Å². The first kappa shape index (κ1) is 10.1. The number of rotatable bonds is 3. The van der Waals surface area contributed by atoms with Gasteiger partial charge in [-0.1, -0.05) is 0 Å². The summed E-state index contributed by atoms with van der Waals surface area (Å²) >= 11 is 0. The monoisotopic (exact) mass is 184 g/mol. The predicted molar refractivity (Wildman–Crippen MR) is 47.8 cm³/mol. The SMILES string of the molecule is CN[C@H](CO)c1cnc(F)cc1C. The van der Waals surface area contributed by atoms with Gasteiger partial charge in [-0.3, -0.25) is 0 Å². The maximum Gasteiger partial charge on any atom is 0.213 e. The molecular weight excluding hydrogens is 171 g/mol. The van der Waals surface area contributed by atoms with E-state index in [0.717, 1.165) is 11.1 Å². The van der Waals surface area contributed by atoms with Crippen molar-refractivity contribution in [3.63, 3.8) is 0 Å². The molecule has 1 atom stereocenters. The van der Waals surface area contributed by atoms with Crippen molar-refractivity contribution in [3.05, 3.63) is 29.3 Å². The Morgan fingerprint density at radius 2 is 2.38 bits per heavy atom. The Bertz CT molecular complexity index is 287. The smallest absolute Gasteiger partial charge is 0.213 e. The number of aryl methyl sites for hydroxylation is 1. The minimum atomic E-state index is -0.492. The van der Waals surface area contributed by atoms with Gasteiger partial charge in [-0.15, -0.1) is 0 Å². The van der Waals surface area contributed by atoms with E-state index in [2.05, 4.69) is 10.3 Å². The number of nitrogens with zero attached hydrogens (tertiary/aromatic N) is 1. The second kappa shape index (κ2) is 4.30. The standard InChI is InChI=1S/C9H13FN2O/c1-6-3-9(10)12-4-7(6)8(5-13)11-2/h3-4,8,11,13H,5H2,1-2H3/t8-/m1/s1. The second-order valence-corrected chi connectivity index (χ2v) is 2.89. The summed E-state index contributed by atoms with van der Waals surface area (Å²) < 4.78 is 12.6. The average Bonchev–Trinajstić information content (AvgIpc) is 2.10. The molecule has 1 aromatic rings. The van der Waals surface area contributed by atoms with E-state index in [4.69, 9.17) is 5.11 Å². The molecule has 0 saturated heterocycles. The molecule has 0 aliphatic heterocycles. The van der Waals surface area contributed by atoms with Crippen LogP contribution in [0.1, 0.15) is 17.2 Å². The highest BCUT2D eigenvalue weighted by Gasteiger charge is 2.11. The molecule has 3 nitrogen and oxygen atoms in total. The zero-order chi connectivity index (χ0) is 9.84. The van der Waals surface area contributed by atoms with Gasteiger partial charge in [0, 0.05) is 6.20 Å². The van der Waals surface area contributed by atoms with Crippen molar-refractivity contribution >= 4 is 0 Å². The molecule has 1 rings (SSSR count). The fraction of sp³-hybridized carbons (Fsp3) is 0.444. The van der Waals surface area contributed by atoms with Crippen molar-refractivity contribution < 1.29 is 9.50 Å². The summed E-state index contributed by atoms with van der Waals surface area (Å²) in [6.07, 6.45) is 1.45. The number of aliphatic hydroxyl groups excluding tert-OH is 1. The molecular formula is C9H13FN2O. The van der Waals surface area contributed by atoms with Crippen LogP contribution in [0.15, 0.2) is 12.3 Å². The Morgan fingerprint density at radius 3 is 2.85 bits per heavy atom. The lowest BCUT2D eigenvalue weighted by atomic mass is 10.1.